The molecule has 0 saturated carbocycles. The largest absolute Gasteiger partial charge is 0.480 e. The lowest BCUT2D eigenvalue weighted by atomic mass is 10.2. The molecular formula is C9H20NO5PS. The van der Waals surface area contributed by atoms with Crippen molar-refractivity contribution in [1.29, 1.82) is 0 Å². The minimum absolute atomic E-state index is 0.112. The van der Waals surface area contributed by atoms with E-state index in [2.05, 4.69) is 17.9 Å². The first-order valence-corrected chi connectivity index (χ1v) is 7.80. The van der Waals surface area contributed by atoms with Gasteiger partial charge in [-0.25, -0.2) is 0 Å². The summed E-state index contributed by atoms with van der Waals surface area (Å²) in [6, 6.07) is -0.790. The van der Waals surface area contributed by atoms with E-state index in [-0.39, 0.29) is 19.5 Å². The zero-order valence-electron chi connectivity index (χ0n) is 10.1. The molecule has 8 heteroatoms. The first-order valence-electron chi connectivity index (χ1n) is 5.44. The van der Waals surface area contributed by atoms with Gasteiger partial charge in [0.2, 0.25) is 0 Å². The number of aliphatic carboxylic acids is 1. The molecule has 0 spiro atoms. The van der Waals surface area contributed by atoms with Gasteiger partial charge in [0, 0.05) is 0 Å². The Balaban J connectivity index is 4.35. The van der Waals surface area contributed by atoms with Crippen LogP contribution in [-0.2, 0) is 18.4 Å². The summed E-state index contributed by atoms with van der Waals surface area (Å²) < 4.78 is 22.1. The molecule has 0 unspecified atom stereocenters. The quantitative estimate of drug-likeness (QED) is 0.417. The second-order valence-corrected chi connectivity index (χ2v) is 5.71. The van der Waals surface area contributed by atoms with Gasteiger partial charge in [-0.05, 0) is 26.0 Å². The Morgan fingerprint density at radius 2 is 1.94 bits per heavy atom. The highest BCUT2D eigenvalue weighted by molar-refractivity contribution is 7.80. The number of rotatable bonds is 10. The van der Waals surface area contributed by atoms with Gasteiger partial charge < -0.3 is 14.2 Å². The third-order valence-electron chi connectivity index (χ3n) is 1.90. The van der Waals surface area contributed by atoms with Gasteiger partial charge in [-0.2, -0.15) is 12.6 Å². The van der Waals surface area contributed by atoms with E-state index >= 15 is 0 Å². The molecule has 0 aliphatic heterocycles. The van der Waals surface area contributed by atoms with Crippen LogP contribution in [0, 0.1) is 0 Å². The molecule has 0 rings (SSSR count). The molecule has 0 aliphatic carbocycles. The third-order valence-corrected chi connectivity index (χ3v) is 4.03. The number of carboxylic acid groups (broad SMARTS) is 1. The van der Waals surface area contributed by atoms with Crippen LogP contribution in [0.5, 0.6) is 0 Å². The zero-order valence-corrected chi connectivity index (χ0v) is 11.9. The Labute approximate surface area is 107 Å². The minimum Gasteiger partial charge on any atom is -0.480 e. The van der Waals surface area contributed by atoms with Crippen molar-refractivity contribution in [1.82, 2.24) is 5.32 Å². The summed E-state index contributed by atoms with van der Waals surface area (Å²) in [4.78, 5) is 10.9. The van der Waals surface area contributed by atoms with E-state index < -0.39 is 19.6 Å². The van der Waals surface area contributed by atoms with Crippen molar-refractivity contribution in [3.63, 3.8) is 0 Å². The predicted octanol–water partition coefficient (Wildman–Crippen LogP) is 1.57. The second kappa shape index (κ2) is 8.94. The first-order chi connectivity index (χ1) is 7.99. The van der Waals surface area contributed by atoms with Crippen LogP contribution < -0.4 is 5.32 Å². The van der Waals surface area contributed by atoms with Crippen molar-refractivity contribution in [2.75, 3.05) is 25.3 Å². The predicted molar refractivity (Wildman–Crippen MR) is 68.8 cm³/mol. The standard InChI is InChI=1S/C9H20NO5PS/c1-3-14-16(13,15-4-2)7-10-8(5-6-17)9(11)12/h8,10,17H,3-7H2,1-2H3,(H,11,12)/t8-/m0/s1. The summed E-state index contributed by atoms with van der Waals surface area (Å²) in [5.74, 6) is -0.573. The number of hydrogen-bond donors (Lipinski definition) is 3. The SMILES string of the molecule is CCOP(=O)(CN[C@@H](CCS)C(=O)O)OCC. The highest BCUT2D eigenvalue weighted by Gasteiger charge is 2.26. The molecule has 0 bridgehead atoms. The zero-order chi connectivity index (χ0) is 13.3. The van der Waals surface area contributed by atoms with Gasteiger partial charge in [0.25, 0.3) is 0 Å². The molecule has 0 aromatic heterocycles. The smallest absolute Gasteiger partial charge is 0.344 e. The summed E-state index contributed by atoms with van der Waals surface area (Å²) >= 11 is 3.97. The van der Waals surface area contributed by atoms with Crippen LogP contribution in [0.3, 0.4) is 0 Å². The monoisotopic (exact) mass is 285 g/mol. The molecule has 0 amide bonds. The van der Waals surface area contributed by atoms with Crippen molar-refractivity contribution in [2.45, 2.75) is 26.3 Å². The fraction of sp³-hybridized carbons (Fsp3) is 0.889. The topological polar surface area (TPSA) is 84.9 Å². The van der Waals surface area contributed by atoms with Crippen molar-refractivity contribution in [3.8, 4) is 0 Å². The number of hydrogen-bond acceptors (Lipinski definition) is 6. The Hall–Kier alpha value is -0.0700. The van der Waals surface area contributed by atoms with Gasteiger partial charge >= 0.3 is 13.6 Å². The number of carbonyl (C=O) groups is 1. The third kappa shape index (κ3) is 7.06. The Bertz CT molecular complexity index is 266. The minimum atomic E-state index is -3.24. The van der Waals surface area contributed by atoms with E-state index in [1.54, 1.807) is 13.8 Å². The maximum absolute atomic E-state index is 12.0. The van der Waals surface area contributed by atoms with Gasteiger partial charge in [0.1, 0.15) is 6.04 Å². The number of thiol groups is 1. The Kier molecular flexibility index (Phi) is 8.90. The van der Waals surface area contributed by atoms with Crippen LogP contribution in [0.2, 0.25) is 0 Å². The number of carboxylic acids is 1. The highest BCUT2D eigenvalue weighted by Crippen LogP contribution is 2.46. The van der Waals surface area contributed by atoms with Crippen LogP contribution >= 0.6 is 20.2 Å². The molecule has 1 atom stereocenters. The molecule has 102 valence electrons. The van der Waals surface area contributed by atoms with Gasteiger partial charge in [0.15, 0.2) is 0 Å². The molecule has 0 aliphatic rings. The lowest BCUT2D eigenvalue weighted by Crippen LogP contribution is -2.37. The lowest BCUT2D eigenvalue weighted by molar-refractivity contribution is -0.139. The normalized spacial score (nSPS) is 13.6. The van der Waals surface area contributed by atoms with Crippen LogP contribution in [0.25, 0.3) is 0 Å². The van der Waals surface area contributed by atoms with Gasteiger partial charge in [-0.1, -0.05) is 0 Å². The summed E-state index contributed by atoms with van der Waals surface area (Å²) in [5.41, 5.74) is 0. The molecule has 0 heterocycles. The summed E-state index contributed by atoms with van der Waals surface area (Å²) in [6.45, 7) is 3.91. The molecule has 2 N–H and O–H groups in total. The summed E-state index contributed by atoms with van der Waals surface area (Å²) in [6.07, 6.45) is 0.232. The molecule has 0 aromatic rings. The van der Waals surface area contributed by atoms with Crippen LogP contribution in [0.15, 0.2) is 0 Å². The molecule has 0 fully saturated rings. The van der Waals surface area contributed by atoms with E-state index in [4.69, 9.17) is 14.2 Å². The van der Waals surface area contributed by atoms with Crippen molar-refractivity contribution in [3.05, 3.63) is 0 Å². The van der Waals surface area contributed by atoms with Gasteiger partial charge in [0.05, 0.1) is 19.5 Å². The fourth-order valence-electron chi connectivity index (χ4n) is 1.19. The van der Waals surface area contributed by atoms with Gasteiger partial charge in [-0.3, -0.25) is 14.7 Å². The van der Waals surface area contributed by atoms with Gasteiger partial charge in [-0.15, -0.1) is 0 Å². The van der Waals surface area contributed by atoms with Crippen molar-refractivity contribution >= 4 is 26.2 Å². The van der Waals surface area contributed by atoms with E-state index in [1.807, 2.05) is 0 Å². The lowest BCUT2D eigenvalue weighted by Gasteiger charge is -2.20. The second-order valence-electron chi connectivity index (χ2n) is 3.21. The van der Waals surface area contributed by atoms with E-state index in [9.17, 15) is 9.36 Å². The Morgan fingerprint density at radius 1 is 1.41 bits per heavy atom. The molecular weight excluding hydrogens is 265 g/mol. The highest BCUT2D eigenvalue weighted by atomic mass is 32.1. The Morgan fingerprint density at radius 3 is 2.29 bits per heavy atom. The number of nitrogens with one attached hydrogen (secondary N) is 1. The molecule has 17 heavy (non-hydrogen) atoms. The average Bonchev–Trinajstić information content (AvgIpc) is 2.24. The summed E-state index contributed by atoms with van der Waals surface area (Å²) in [7, 11) is -3.24. The first kappa shape index (κ1) is 16.9. The maximum atomic E-state index is 12.0. The molecule has 0 saturated heterocycles. The van der Waals surface area contributed by atoms with Crippen molar-refractivity contribution < 1.29 is 23.5 Å². The van der Waals surface area contributed by atoms with Crippen LogP contribution in [0.1, 0.15) is 20.3 Å². The van der Waals surface area contributed by atoms with Crippen molar-refractivity contribution in [2.24, 2.45) is 0 Å². The van der Waals surface area contributed by atoms with E-state index in [0.717, 1.165) is 0 Å². The van der Waals surface area contributed by atoms with Crippen LogP contribution in [0.4, 0.5) is 0 Å². The molecule has 0 aromatic carbocycles. The van der Waals surface area contributed by atoms with E-state index in [1.165, 1.54) is 0 Å². The van der Waals surface area contributed by atoms with E-state index in [0.29, 0.717) is 12.2 Å². The maximum Gasteiger partial charge on any atom is 0.344 e. The molecule has 0 radical (unpaired) electrons. The molecule has 6 nitrogen and oxygen atoms in total. The summed E-state index contributed by atoms with van der Waals surface area (Å²) in [5, 5.41) is 11.6. The fourth-order valence-corrected chi connectivity index (χ4v) is 2.93. The average molecular weight is 285 g/mol. The van der Waals surface area contributed by atoms with Crippen LogP contribution in [-0.4, -0.2) is 42.4 Å².